The summed E-state index contributed by atoms with van der Waals surface area (Å²) < 4.78 is 0.616. The third-order valence-corrected chi connectivity index (χ3v) is 3.01. The van der Waals surface area contributed by atoms with Gasteiger partial charge in [-0.3, -0.25) is 0 Å². The normalized spacial score (nSPS) is 13.3. The maximum Gasteiger partial charge on any atom is 0.202 e. The van der Waals surface area contributed by atoms with Crippen molar-refractivity contribution in [2.45, 2.75) is 6.04 Å². The molecule has 0 amide bonds. The minimum atomic E-state index is -0.138. The fraction of sp³-hybridized carbons (Fsp3) is 0.267. The molecule has 0 aromatic heterocycles. The Morgan fingerprint density at radius 1 is 1.00 bits per heavy atom. The first-order valence-electron chi connectivity index (χ1n) is 5.72. The van der Waals surface area contributed by atoms with Gasteiger partial charge in [-0.05, 0) is 10.8 Å². The van der Waals surface area contributed by atoms with Crippen molar-refractivity contribution in [1.29, 1.82) is 5.26 Å². The number of fused-ring (bicyclic) bond motifs is 1. The lowest BCUT2D eigenvalue weighted by Gasteiger charge is -2.30. The van der Waals surface area contributed by atoms with E-state index in [4.69, 9.17) is 0 Å². The summed E-state index contributed by atoms with van der Waals surface area (Å²) in [5, 5.41) is 11.8. The van der Waals surface area contributed by atoms with E-state index in [0.29, 0.717) is 4.48 Å². The highest BCUT2D eigenvalue weighted by Crippen LogP contribution is 2.29. The number of nitriles is 1. The van der Waals surface area contributed by atoms with E-state index >= 15 is 0 Å². The molecule has 86 valence electrons. The Morgan fingerprint density at radius 3 is 2.29 bits per heavy atom. The van der Waals surface area contributed by atoms with Crippen LogP contribution in [0.2, 0.25) is 0 Å². The molecule has 0 aliphatic heterocycles. The third kappa shape index (κ3) is 2.15. The van der Waals surface area contributed by atoms with Crippen LogP contribution in [0.25, 0.3) is 10.8 Å². The molecule has 0 spiro atoms. The molecule has 17 heavy (non-hydrogen) atoms. The SMILES string of the molecule is C[N+](C)(C)C(C#N)c1cccc2ccccc12. The molecule has 2 rings (SSSR count). The maximum absolute atomic E-state index is 9.41. The largest absolute Gasteiger partial charge is 0.313 e. The molecule has 0 aliphatic carbocycles. The van der Waals surface area contributed by atoms with Crippen LogP contribution >= 0.6 is 0 Å². The Kier molecular flexibility index (Phi) is 2.87. The summed E-state index contributed by atoms with van der Waals surface area (Å²) in [6, 6.07) is 16.7. The second-order valence-electron chi connectivity index (χ2n) is 5.22. The van der Waals surface area contributed by atoms with Crippen molar-refractivity contribution in [3.05, 3.63) is 48.0 Å². The molecule has 2 heteroatoms. The molecule has 0 fully saturated rings. The minimum Gasteiger partial charge on any atom is -0.313 e. The Balaban J connectivity index is 2.67. The van der Waals surface area contributed by atoms with Crippen LogP contribution in [0.1, 0.15) is 11.6 Å². The van der Waals surface area contributed by atoms with Crippen LogP contribution in [0, 0.1) is 11.3 Å². The quantitative estimate of drug-likeness (QED) is 0.720. The standard InChI is InChI=1S/C15H17N2/c1-17(2,3)15(11-16)14-10-6-8-12-7-4-5-9-13(12)14/h4-10,15H,1-3H3/q+1. The number of rotatable bonds is 2. The van der Waals surface area contributed by atoms with Gasteiger partial charge in [0, 0.05) is 5.56 Å². The molecule has 1 unspecified atom stereocenters. The molecular formula is C15H17N2+. The molecular weight excluding hydrogens is 208 g/mol. The molecule has 2 aromatic carbocycles. The summed E-state index contributed by atoms with van der Waals surface area (Å²) in [4.78, 5) is 0. The summed E-state index contributed by atoms with van der Waals surface area (Å²) in [7, 11) is 6.15. The highest BCUT2D eigenvalue weighted by Gasteiger charge is 2.26. The van der Waals surface area contributed by atoms with Gasteiger partial charge in [-0.2, -0.15) is 5.26 Å². The predicted molar refractivity (Wildman–Crippen MR) is 70.3 cm³/mol. The smallest absolute Gasteiger partial charge is 0.202 e. The molecule has 1 atom stereocenters. The number of nitrogens with zero attached hydrogens (tertiary/aromatic N) is 2. The zero-order chi connectivity index (χ0) is 12.5. The zero-order valence-corrected chi connectivity index (χ0v) is 10.5. The van der Waals surface area contributed by atoms with Crippen molar-refractivity contribution in [3.8, 4) is 6.07 Å². The van der Waals surface area contributed by atoms with Crippen LogP contribution < -0.4 is 0 Å². The van der Waals surface area contributed by atoms with Gasteiger partial charge in [0.05, 0.1) is 21.1 Å². The van der Waals surface area contributed by atoms with Crippen molar-refractivity contribution in [2.75, 3.05) is 21.1 Å². The second kappa shape index (κ2) is 4.20. The van der Waals surface area contributed by atoms with Crippen molar-refractivity contribution < 1.29 is 4.48 Å². The monoisotopic (exact) mass is 225 g/mol. The topological polar surface area (TPSA) is 23.8 Å². The third-order valence-electron chi connectivity index (χ3n) is 3.01. The molecule has 0 heterocycles. The van der Waals surface area contributed by atoms with Gasteiger partial charge in [-0.1, -0.05) is 42.5 Å². The van der Waals surface area contributed by atoms with Gasteiger partial charge >= 0.3 is 0 Å². The second-order valence-corrected chi connectivity index (χ2v) is 5.22. The molecule has 0 radical (unpaired) electrons. The Bertz CT molecular complexity index is 568. The first-order chi connectivity index (χ1) is 8.04. The highest BCUT2D eigenvalue weighted by atomic mass is 15.3. The van der Waals surface area contributed by atoms with Crippen LogP contribution in [0.3, 0.4) is 0 Å². The van der Waals surface area contributed by atoms with Gasteiger partial charge in [0.15, 0.2) is 0 Å². The summed E-state index contributed by atoms with van der Waals surface area (Å²) in [6.07, 6.45) is 0. The van der Waals surface area contributed by atoms with Gasteiger partial charge in [-0.25, -0.2) is 0 Å². The summed E-state index contributed by atoms with van der Waals surface area (Å²) >= 11 is 0. The predicted octanol–water partition coefficient (Wildman–Crippen LogP) is 3.11. The Labute approximate surface area is 102 Å². The van der Waals surface area contributed by atoms with Crippen LogP contribution in [-0.2, 0) is 0 Å². The van der Waals surface area contributed by atoms with E-state index in [1.165, 1.54) is 10.8 Å². The maximum atomic E-state index is 9.41. The van der Waals surface area contributed by atoms with Gasteiger partial charge in [0.2, 0.25) is 6.04 Å². The molecule has 0 saturated carbocycles. The van der Waals surface area contributed by atoms with Gasteiger partial charge in [0.25, 0.3) is 0 Å². The number of benzene rings is 2. The molecule has 2 nitrogen and oxygen atoms in total. The Morgan fingerprint density at radius 2 is 1.65 bits per heavy atom. The molecule has 0 aliphatic rings. The summed E-state index contributed by atoms with van der Waals surface area (Å²) in [5.41, 5.74) is 1.11. The molecule has 2 aromatic rings. The van der Waals surface area contributed by atoms with E-state index in [-0.39, 0.29) is 6.04 Å². The van der Waals surface area contributed by atoms with Crippen molar-refractivity contribution in [1.82, 2.24) is 0 Å². The number of quaternary nitrogens is 1. The first-order valence-corrected chi connectivity index (χ1v) is 5.72. The van der Waals surface area contributed by atoms with E-state index in [2.05, 4.69) is 51.5 Å². The van der Waals surface area contributed by atoms with E-state index in [0.717, 1.165) is 5.56 Å². The van der Waals surface area contributed by atoms with Gasteiger partial charge < -0.3 is 4.48 Å². The average molecular weight is 225 g/mol. The minimum absolute atomic E-state index is 0.138. The van der Waals surface area contributed by atoms with Crippen molar-refractivity contribution >= 4 is 10.8 Å². The van der Waals surface area contributed by atoms with Crippen LogP contribution in [-0.4, -0.2) is 25.6 Å². The zero-order valence-electron chi connectivity index (χ0n) is 10.5. The number of hydrogen-bond acceptors (Lipinski definition) is 1. The fourth-order valence-corrected chi connectivity index (χ4v) is 2.15. The van der Waals surface area contributed by atoms with E-state index in [1.807, 2.05) is 18.2 Å². The van der Waals surface area contributed by atoms with Crippen molar-refractivity contribution in [3.63, 3.8) is 0 Å². The fourth-order valence-electron chi connectivity index (χ4n) is 2.15. The van der Waals surface area contributed by atoms with Crippen LogP contribution in [0.4, 0.5) is 0 Å². The summed E-state index contributed by atoms with van der Waals surface area (Å²) in [5.74, 6) is 0. The summed E-state index contributed by atoms with van der Waals surface area (Å²) in [6.45, 7) is 0. The van der Waals surface area contributed by atoms with Gasteiger partial charge in [0.1, 0.15) is 6.07 Å². The Hall–Kier alpha value is -1.85. The van der Waals surface area contributed by atoms with E-state index in [1.54, 1.807) is 0 Å². The lowest BCUT2D eigenvalue weighted by atomic mass is 9.98. The lowest BCUT2D eigenvalue weighted by molar-refractivity contribution is -0.893. The molecule has 0 bridgehead atoms. The van der Waals surface area contributed by atoms with Crippen molar-refractivity contribution in [2.24, 2.45) is 0 Å². The lowest BCUT2D eigenvalue weighted by Crippen LogP contribution is -2.38. The number of hydrogen-bond donors (Lipinski definition) is 0. The molecule has 0 N–H and O–H groups in total. The first kappa shape index (κ1) is 11.6. The van der Waals surface area contributed by atoms with E-state index < -0.39 is 0 Å². The van der Waals surface area contributed by atoms with E-state index in [9.17, 15) is 5.26 Å². The molecule has 0 saturated heterocycles. The van der Waals surface area contributed by atoms with Crippen LogP contribution in [0.15, 0.2) is 42.5 Å². The highest BCUT2D eigenvalue weighted by molar-refractivity contribution is 5.86. The van der Waals surface area contributed by atoms with Crippen LogP contribution in [0.5, 0.6) is 0 Å². The average Bonchev–Trinajstić information content (AvgIpc) is 2.28. The van der Waals surface area contributed by atoms with Gasteiger partial charge in [-0.15, -0.1) is 0 Å².